The third kappa shape index (κ3) is 5.19. The number of ether oxygens (including phenoxy) is 2. The Bertz CT molecular complexity index is 1450. The standard InChI is InChI=1S/C26H34FN6O7P/c1-5-16(6-2)13-37-24(34)15(3)32-41(36,39-17-10-8-7-9-11-17)40-21-20-26(21,35)25(4,27)19(38-20)18-12-29-23-22(28)30-14-31-33(18)23/h7-12,14-16,19-21,35H,5-6,13H2,1-4H3,(H,32,36)(H2,28,30,31). The van der Waals surface area contributed by atoms with Gasteiger partial charge in [0.2, 0.25) is 0 Å². The fourth-order valence-corrected chi connectivity index (χ4v) is 6.74. The number of hydrogen-bond acceptors (Lipinski definition) is 11. The Labute approximate surface area is 236 Å². The Balaban J connectivity index is 1.35. The van der Waals surface area contributed by atoms with Crippen molar-refractivity contribution < 1.29 is 37.4 Å². The quantitative estimate of drug-likeness (QED) is 0.207. The average molecular weight is 593 g/mol. The third-order valence-corrected chi connectivity index (χ3v) is 9.42. The van der Waals surface area contributed by atoms with Gasteiger partial charge in [0.25, 0.3) is 0 Å². The summed E-state index contributed by atoms with van der Waals surface area (Å²) in [5, 5.41) is 18.1. The van der Waals surface area contributed by atoms with E-state index < -0.39 is 49.3 Å². The smallest absolute Gasteiger partial charge is 0.459 e. The normalized spacial score (nSPS) is 29.2. The van der Waals surface area contributed by atoms with Crippen LogP contribution in [0.4, 0.5) is 10.2 Å². The maximum Gasteiger partial charge on any atom is 0.459 e. The summed E-state index contributed by atoms with van der Waals surface area (Å²) in [6, 6.07) is 7.02. The molecule has 2 aliphatic rings. The molecule has 2 fully saturated rings. The van der Waals surface area contributed by atoms with E-state index in [-0.39, 0.29) is 35.4 Å². The van der Waals surface area contributed by atoms with Gasteiger partial charge in [0, 0.05) is 0 Å². The minimum absolute atomic E-state index is 0.0903. The van der Waals surface area contributed by atoms with Gasteiger partial charge in [-0.3, -0.25) is 9.32 Å². The second kappa shape index (κ2) is 10.9. The molecule has 4 N–H and O–H groups in total. The van der Waals surface area contributed by atoms with E-state index >= 15 is 4.39 Å². The number of rotatable bonds is 12. The van der Waals surface area contributed by atoms with Gasteiger partial charge in [0.1, 0.15) is 36.4 Å². The summed E-state index contributed by atoms with van der Waals surface area (Å²) in [6.45, 7) is 6.81. The summed E-state index contributed by atoms with van der Waals surface area (Å²) in [6.07, 6.45) is 0.310. The number of imidazole rings is 1. The molecule has 222 valence electrons. The van der Waals surface area contributed by atoms with E-state index in [9.17, 15) is 14.5 Å². The van der Waals surface area contributed by atoms with Crippen LogP contribution in [-0.4, -0.2) is 66.8 Å². The van der Waals surface area contributed by atoms with E-state index in [0.717, 1.165) is 19.8 Å². The number of aromatic nitrogens is 4. The molecule has 1 aromatic carbocycles. The lowest BCUT2D eigenvalue weighted by atomic mass is 9.91. The molecule has 0 radical (unpaired) electrons. The van der Waals surface area contributed by atoms with Crippen molar-refractivity contribution in [1.29, 1.82) is 0 Å². The van der Waals surface area contributed by atoms with Gasteiger partial charge in [-0.2, -0.15) is 10.2 Å². The van der Waals surface area contributed by atoms with Crippen LogP contribution in [0.5, 0.6) is 5.75 Å². The van der Waals surface area contributed by atoms with Crippen LogP contribution in [0.3, 0.4) is 0 Å². The average Bonchev–Trinajstić information content (AvgIpc) is 3.20. The number of aliphatic hydroxyl groups is 1. The first-order valence-electron chi connectivity index (χ1n) is 13.4. The van der Waals surface area contributed by atoms with Crippen LogP contribution in [0.25, 0.3) is 5.65 Å². The predicted octanol–water partition coefficient (Wildman–Crippen LogP) is 3.15. The highest BCUT2D eigenvalue weighted by Crippen LogP contribution is 2.67. The fourth-order valence-electron chi connectivity index (χ4n) is 5.03. The lowest BCUT2D eigenvalue weighted by molar-refractivity contribution is -0.146. The minimum atomic E-state index is -4.40. The maximum atomic E-state index is 16.4. The molecule has 3 aromatic rings. The number of fused-ring (bicyclic) bond motifs is 2. The SMILES string of the molecule is CCC(CC)COC(=O)C(C)NP(=O)(Oc1ccccc1)OC1C2OC(c3cnc4c(N)ncnn34)C(C)(F)C21O. The Morgan fingerprint density at radius 1 is 1.29 bits per heavy atom. The van der Waals surface area contributed by atoms with Crippen molar-refractivity contribution >= 4 is 25.2 Å². The molecule has 1 aliphatic carbocycles. The number of nitrogen functional groups attached to an aromatic ring is 1. The number of nitrogens with one attached hydrogen (secondary N) is 1. The van der Waals surface area contributed by atoms with E-state index in [1.807, 2.05) is 13.8 Å². The first kappa shape index (κ1) is 29.3. The zero-order valence-electron chi connectivity index (χ0n) is 23.1. The molecular weight excluding hydrogens is 558 g/mol. The number of alkyl halides is 1. The van der Waals surface area contributed by atoms with Crippen molar-refractivity contribution in [3.8, 4) is 5.75 Å². The molecule has 1 saturated heterocycles. The van der Waals surface area contributed by atoms with E-state index in [1.165, 1.54) is 24.0 Å². The molecule has 0 spiro atoms. The predicted molar refractivity (Wildman–Crippen MR) is 144 cm³/mol. The molecule has 5 rings (SSSR count). The van der Waals surface area contributed by atoms with Crippen LogP contribution < -0.4 is 15.3 Å². The molecule has 1 saturated carbocycles. The Morgan fingerprint density at radius 2 is 2.00 bits per heavy atom. The number of nitrogens with two attached hydrogens (primary N) is 1. The molecule has 0 amide bonds. The van der Waals surface area contributed by atoms with Gasteiger partial charge >= 0.3 is 13.7 Å². The lowest BCUT2D eigenvalue weighted by Gasteiger charge is -2.31. The largest absolute Gasteiger partial charge is 0.464 e. The Kier molecular flexibility index (Phi) is 7.81. The van der Waals surface area contributed by atoms with Crippen LogP contribution in [0, 0.1) is 5.92 Å². The van der Waals surface area contributed by atoms with Crippen molar-refractivity contribution in [2.45, 2.75) is 76.2 Å². The van der Waals surface area contributed by atoms with Gasteiger partial charge in [-0.25, -0.2) is 23.4 Å². The first-order valence-corrected chi connectivity index (χ1v) is 15.0. The zero-order valence-corrected chi connectivity index (χ0v) is 24.0. The van der Waals surface area contributed by atoms with Gasteiger partial charge < -0.3 is 24.8 Å². The summed E-state index contributed by atoms with van der Waals surface area (Å²) in [7, 11) is -4.40. The van der Waals surface area contributed by atoms with Gasteiger partial charge in [-0.05, 0) is 31.9 Å². The number of benzene rings is 1. The number of anilines is 1. The van der Waals surface area contributed by atoms with Crippen LogP contribution in [0.2, 0.25) is 0 Å². The molecular formula is C26H34FN6O7P. The summed E-state index contributed by atoms with van der Waals surface area (Å²) in [5.74, 6) is -0.207. The molecule has 2 aromatic heterocycles. The highest BCUT2D eigenvalue weighted by atomic mass is 31.2. The molecule has 1 aliphatic heterocycles. The minimum Gasteiger partial charge on any atom is -0.464 e. The van der Waals surface area contributed by atoms with Crippen LogP contribution in [0.15, 0.2) is 42.9 Å². The van der Waals surface area contributed by atoms with Gasteiger partial charge in [0.15, 0.2) is 22.7 Å². The van der Waals surface area contributed by atoms with Crippen LogP contribution in [0.1, 0.15) is 52.3 Å². The molecule has 7 atom stereocenters. The summed E-state index contributed by atoms with van der Waals surface area (Å²) < 4.78 is 54.4. The second-order valence-corrected chi connectivity index (χ2v) is 12.1. The lowest BCUT2D eigenvalue weighted by Crippen LogP contribution is -2.44. The second-order valence-electron chi connectivity index (χ2n) is 10.5. The van der Waals surface area contributed by atoms with Crippen molar-refractivity contribution in [2.75, 3.05) is 12.3 Å². The Morgan fingerprint density at radius 3 is 2.63 bits per heavy atom. The van der Waals surface area contributed by atoms with E-state index in [4.69, 9.17) is 24.3 Å². The number of para-hydroxylation sites is 1. The maximum absolute atomic E-state index is 16.4. The first-order chi connectivity index (χ1) is 19.4. The van der Waals surface area contributed by atoms with E-state index in [1.54, 1.807) is 30.3 Å². The number of halogens is 1. The monoisotopic (exact) mass is 592 g/mol. The molecule has 15 heteroatoms. The number of carbonyl (C=O) groups is 1. The summed E-state index contributed by atoms with van der Waals surface area (Å²) >= 11 is 0. The molecule has 13 nitrogen and oxygen atoms in total. The third-order valence-electron chi connectivity index (χ3n) is 7.76. The van der Waals surface area contributed by atoms with Crippen LogP contribution >= 0.6 is 7.75 Å². The van der Waals surface area contributed by atoms with Crippen molar-refractivity contribution in [2.24, 2.45) is 5.92 Å². The zero-order chi connectivity index (χ0) is 29.6. The van der Waals surface area contributed by atoms with Gasteiger partial charge in [-0.15, -0.1) is 0 Å². The highest BCUT2D eigenvalue weighted by Gasteiger charge is 2.85. The number of carbonyl (C=O) groups excluding carboxylic acids is 1. The summed E-state index contributed by atoms with van der Waals surface area (Å²) in [5.41, 5.74) is 1.61. The summed E-state index contributed by atoms with van der Waals surface area (Å²) in [4.78, 5) is 20.7. The topological polar surface area (TPSA) is 172 Å². The number of hydrogen-bond donors (Lipinski definition) is 3. The van der Waals surface area contributed by atoms with Crippen LogP contribution in [-0.2, 0) is 23.4 Å². The van der Waals surface area contributed by atoms with E-state index in [2.05, 4.69) is 20.2 Å². The van der Waals surface area contributed by atoms with E-state index in [0.29, 0.717) is 0 Å². The number of esters is 1. The number of nitrogens with zero attached hydrogens (tertiary/aromatic N) is 4. The molecule has 7 unspecified atom stereocenters. The molecule has 0 bridgehead atoms. The highest BCUT2D eigenvalue weighted by molar-refractivity contribution is 7.52. The van der Waals surface area contributed by atoms with Crippen molar-refractivity contribution in [3.63, 3.8) is 0 Å². The molecule has 3 heterocycles. The fraction of sp³-hybridized carbons (Fsp3) is 0.538. The van der Waals surface area contributed by atoms with Gasteiger partial charge in [0.05, 0.1) is 18.5 Å². The van der Waals surface area contributed by atoms with Gasteiger partial charge in [-0.1, -0.05) is 44.9 Å². The molecule has 41 heavy (non-hydrogen) atoms. The Hall–Kier alpha value is -3.16. The van der Waals surface area contributed by atoms with Crippen molar-refractivity contribution in [3.05, 3.63) is 48.5 Å². The van der Waals surface area contributed by atoms with Crippen molar-refractivity contribution in [1.82, 2.24) is 24.7 Å².